The van der Waals surface area contributed by atoms with Crippen LogP contribution in [0.2, 0.25) is 0 Å². The van der Waals surface area contributed by atoms with Gasteiger partial charge in [0.25, 0.3) is 5.56 Å². The lowest BCUT2D eigenvalue weighted by molar-refractivity contribution is 0.489. The van der Waals surface area contributed by atoms with Crippen LogP contribution in [-0.4, -0.2) is 11.0 Å². The van der Waals surface area contributed by atoms with Gasteiger partial charge in [-0.25, -0.2) is 0 Å². The zero-order valence-corrected chi connectivity index (χ0v) is 16.0. The Bertz CT molecular complexity index is 861. The van der Waals surface area contributed by atoms with Gasteiger partial charge in [0.1, 0.15) is 0 Å². The summed E-state index contributed by atoms with van der Waals surface area (Å²) in [6.45, 7) is 3.08. The van der Waals surface area contributed by atoms with Crippen LogP contribution in [-0.2, 0) is 13.0 Å². The van der Waals surface area contributed by atoms with Crippen molar-refractivity contribution in [1.29, 1.82) is 0 Å². The topological polar surface area (TPSA) is 44.9 Å². The van der Waals surface area contributed by atoms with Crippen molar-refractivity contribution in [3.05, 3.63) is 82.3 Å². The molecule has 0 bridgehead atoms. The molecule has 0 aliphatic carbocycles. The summed E-state index contributed by atoms with van der Waals surface area (Å²) in [5.74, 6) is 0. The summed E-state index contributed by atoms with van der Waals surface area (Å²) in [6, 6.07) is 19.2. The van der Waals surface area contributed by atoms with Crippen LogP contribution in [0.15, 0.2) is 65.6 Å². The fourth-order valence-corrected chi connectivity index (χ4v) is 3.17. The van der Waals surface area contributed by atoms with E-state index >= 15 is 0 Å². The van der Waals surface area contributed by atoms with Crippen molar-refractivity contribution in [3.8, 4) is 0 Å². The molecule has 4 heteroatoms. The van der Waals surface area contributed by atoms with E-state index in [1.54, 1.807) is 6.20 Å². The van der Waals surface area contributed by atoms with Gasteiger partial charge in [-0.2, -0.15) is 0 Å². The minimum atomic E-state index is -0.0243. The number of aromatic amines is 1. The molecule has 3 nitrogen and oxygen atoms in total. The average molecular weight is 371 g/mol. The van der Waals surface area contributed by atoms with Gasteiger partial charge in [0.2, 0.25) is 0 Å². The Morgan fingerprint density at radius 3 is 2.62 bits per heavy atom. The number of hydrogen-bond donors (Lipinski definition) is 2. The van der Waals surface area contributed by atoms with Gasteiger partial charge in [0.15, 0.2) is 0 Å². The molecule has 3 rings (SSSR count). The third-order valence-electron chi connectivity index (χ3n) is 4.69. The summed E-state index contributed by atoms with van der Waals surface area (Å²) in [5.41, 5.74) is 2.62. The Morgan fingerprint density at radius 1 is 1.00 bits per heavy atom. The summed E-state index contributed by atoms with van der Waals surface area (Å²) in [6.07, 6.45) is 6.51. The number of nitrogens with one attached hydrogen (secondary N) is 2. The lowest BCUT2D eigenvalue weighted by Gasteiger charge is -2.14. The fourth-order valence-electron chi connectivity index (χ4n) is 3.17. The number of fused-ring (bicyclic) bond motifs is 1. The Kier molecular flexibility index (Phi) is 7.89. The van der Waals surface area contributed by atoms with Gasteiger partial charge in [-0.15, -0.1) is 12.4 Å². The van der Waals surface area contributed by atoms with E-state index in [2.05, 4.69) is 53.6 Å². The van der Waals surface area contributed by atoms with Gasteiger partial charge in [-0.3, -0.25) is 4.79 Å². The summed E-state index contributed by atoms with van der Waals surface area (Å²) in [5, 5.41) is 5.34. The van der Waals surface area contributed by atoms with Crippen molar-refractivity contribution < 1.29 is 0 Å². The maximum Gasteiger partial charge on any atom is 0.255 e. The molecule has 0 aliphatic rings. The van der Waals surface area contributed by atoms with Gasteiger partial charge in [0.05, 0.1) is 0 Å². The second-order valence-electron chi connectivity index (χ2n) is 6.74. The minimum absolute atomic E-state index is 0. The van der Waals surface area contributed by atoms with Crippen LogP contribution in [0.4, 0.5) is 0 Å². The molecule has 2 N–H and O–H groups in total. The standard InChI is InChI=1S/C22H26N2O.ClH/c1-17(7-5-6-10-18-8-3-2-4-9-18)24-16-19-11-12-21-20(15-19)13-14-23-22(21)25;/h2-4,8-9,11-15,17,24H,5-7,10,16H2,1H3,(H,23,25);1H/t17-;/m1./s1. The smallest absolute Gasteiger partial charge is 0.255 e. The number of benzene rings is 2. The van der Waals surface area contributed by atoms with Gasteiger partial charge in [0, 0.05) is 24.2 Å². The van der Waals surface area contributed by atoms with Crippen LogP contribution in [0.1, 0.15) is 37.3 Å². The summed E-state index contributed by atoms with van der Waals surface area (Å²) < 4.78 is 0. The molecule has 2 aromatic carbocycles. The molecule has 1 atom stereocenters. The van der Waals surface area contributed by atoms with Crippen LogP contribution in [0.3, 0.4) is 0 Å². The van der Waals surface area contributed by atoms with E-state index < -0.39 is 0 Å². The van der Waals surface area contributed by atoms with Crippen LogP contribution in [0.5, 0.6) is 0 Å². The SMILES string of the molecule is C[C@H](CCCCc1ccccc1)NCc1ccc2c(=O)[nH]ccc2c1.Cl. The maximum absolute atomic E-state index is 11.7. The zero-order valence-electron chi connectivity index (χ0n) is 15.2. The molecule has 1 aromatic heterocycles. The molecule has 138 valence electrons. The van der Waals surface area contributed by atoms with Crippen molar-refractivity contribution in [1.82, 2.24) is 10.3 Å². The van der Waals surface area contributed by atoms with E-state index in [1.807, 2.05) is 18.2 Å². The molecule has 26 heavy (non-hydrogen) atoms. The number of unbranched alkanes of at least 4 members (excludes halogenated alkanes) is 1. The molecule has 0 radical (unpaired) electrons. The van der Waals surface area contributed by atoms with Crippen LogP contribution >= 0.6 is 12.4 Å². The first-order chi connectivity index (χ1) is 12.2. The van der Waals surface area contributed by atoms with Crippen molar-refractivity contribution in [3.63, 3.8) is 0 Å². The third-order valence-corrected chi connectivity index (χ3v) is 4.69. The highest BCUT2D eigenvalue weighted by atomic mass is 35.5. The van der Waals surface area contributed by atoms with E-state index in [9.17, 15) is 4.79 Å². The molecule has 0 unspecified atom stereocenters. The van der Waals surface area contributed by atoms with Crippen LogP contribution in [0.25, 0.3) is 10.8 Å². The van der Waals surface area contributed by atoms with Crippen molar-refractivity contribution in [2.24, 2.45) is 0 Å². The molecule has 0 amide bonds. The number of aryl methyl sites for hydroxylation is 1. The first-order valence-corrected chi connectivity index (χ1v) is 9.10. The summed E-state index contributed by atoms with van der Waals surface area (Å²) in [7, 11) is 0. The van der Waals surface area contributed by atoms with Gasteiger partial charge >= 0.3 is 0 Å². The van der Waals surface area contributed by atoms with E-state index in [0.717, 1.165) is 23.7 Å². The molecular formula is C22H27ClN2O. The molecule has 0 fully saturated rings. The summed E-state index contributed by atoms with van der Waals surface area (Å²) in [4.78, 5) is 14.4. The van der Waals surface area contributed by atoms with Gasteiger partial charge in [-0.1, -0.05) is 42.8 Å². The molecule has 1 heterocycles. The predicted molar refractivity (Wildman–Crippen MR) is 112 cm³/mol. The molecule has 0 saturated carbocycles. The fraction of sp³-hybridized carbons (Fsp3) is 0.318. The molecular weight excluding hydrogens is 344 g/mol. The lowest BCUT2D eigenvalue weighted by Crippen LogP contribution is -2.25. The van der Waals surface area contributed by atoms with Crippen molar-refractivity contribution in [2.45, 2.75) is 45.2 Å². The molecule has 3 aromatic rings. The monoisotopic (exact) mass is 370 g/mol. The molecule has 0 saturated heterocycles. The second kappa shape index (κ2) is 10.1. The van der Waals surface area contributed by atoms with Gasteiger partial charge in [-0.05, 0) is 60.9 Å². The number of halogens is 1. The van der Waals surface area contributed by atoms with Gasteiger partial charge < -0.3 is 10.3 Å². The molecule has 0 aliphatic heterocycles. The maximum atomic E-state index is 11.7. The van der Waals surface area contributed by atoms with Crippen LogP contribution < -0.4 is 10.9 Å². The second-order valence-corrected chi connectivity index (χ2v) is 6.74. The van der Waals surface area contributed by atoms with Crippen molar-refractivity contribution >= 4 is 23.2 Å². The van der Waals surface area contributed by atoms with Crippen LogP contribution in [0, 0.1) is 0 Å². The highest BCUT2D eigenvalue weighted by molar-refractivity contribution is 5.85. The Labute approximate surface area is 161 Å². The normalized spacial score (nSPS) is 11.9. The van der Waals surface area contributed by atoms with E-state index in [0.29, 0.717) is 6.04 Å². The Balaban J connectivity index is 0.00000243. The van der Waals surface area contributed by atoms with E-state index in [1.165, 1.54) is 30.4 Å². The number of rotatable bonds is 8. The lowest BCUT2D eigenvalue weighted by atomic mass is 10.0. The number of H-pyrrole nitrogens is 1. The van der Waals surface area contributed by atoms with E-state index in [-0.39, 0.29) is 18.0 Å². The largest absolute Gasteiger partial charge is 0.329 e. The first kappa shape index (κ1) is 20.2. The van der Waals surface area contributed by atoms with E-state index in [4.69, 9.17) is 0 Å². The molecule has 0 spiro atoms. The number of hydrogen-bond acceptors (Lipinski definition) is 2. The average Bonchev–Trinajstić information content (AvgIpc) is 2.64. The Hall–Kier alpha value is -2.10. The number of aromatic nitrogens is 1. The van der Waals surface area contributed by atoms with Crippen molar-refractivity contribution in [2.75, 3.05) is 0 Å². The Morgan fingerprint density at radius 2 is 1.81 bits per heavy atom. The third kappa shape index (κ3) is 5.72. The highest BCUT2D eigenvalue weighted by Crippen LogP contribution is 2.13. The predicted octanol–water partition coefficient (Wildman–Crippen LogP) is 4.84. The number of pyridine rings is 1. The quantitative estimate of drug-likeness (QED) is 0.557. The minimum Gasteiger partial charge on any atom is -0.329 e. The highest BCUT2D eigenvalue weighted by Gasteiger charge is 2.04. The summed E-state index contributed by atoms with van der Waals surface area (Å²) >= 11 is 0. The zero-order chi connectivity index (χ0) is 17.5. The first-order valence-electron chi connectivity index (χ1n) is 9.10.